The van der Waals surface area contributed by atoms with Gasteiger partial charge in [0.15, 0.2) is 0 Å². The lowest BCUT2D eigenvalue weighted by Crippen LogP contribution is -2.38. The van der Waals surface area contributed by atoms with Crippen LogP contribution in [0.1, 0.15) is 36.3 Å². The average Bonchev–Trinajstić information content (AvgIpc) is 3.50. The van der Waals surface area contributed by atoms with Crippen LogP contribution in [-0.4, -0.2) is 56.1 Å². The van der Waals surface area contributed by atoms with Crippen molar-refractivity contribution < 1.29 is 19.7 Å². The zero-order valence-corrected chi connectivity index (χ0v) is 21.6. The van der Waals surface area contributed by atoms with Crippen molar-refractivity contribution in [2.75, 3.05) is 18.5 Å². The van der Waals surface area contributed by atoms with Crippen molar-refractivity contribution in [1.82, 2.24) is 14.5 Å². The summed E-state index contributed by atoms with van der Waals surface area (Å²) in [6.07, 6.45) is 0.785. The van der Waals surface area contributed by atoms with E-state index < -0.39 is 29.6 Å². The highest BCUT2D eigenvalue weighted by atomic mass is 16.5. The largest absolute Gasteiger partial charge is 0.465 e. The Labute approximate surface area is 226 Å². The lowest BCUT2D eigenvalue weighted by atomic mass is 9.99. The zero-order valence-electron chi connectivity index (χ0n) is 21.6. The first-order chi connectivity index (χ1) is 19.0. The molecule has 0 saturated heterocycles. The van der Waals surface area contributed by atoms with E-state index in [0.717, 1.165) is 17.4 Å². The van der Waals surface area contributed by atoms with Crippen LogP contribution >= 0.6 is 0 Å². The van der Waals surface area contributed by atoms with Crippen molar-refractivity contribution in [3.63, 3.8) is 0 Å². The highest BCUT2D eigenvalue weighted by molar-refractivity contribution is 5.88. The Bertz CT molecular complexity index is 1560. The van der Waals surface area contributed by atoms with Crippen LogP contribution in [0.2, 0.25) is 0 Å². The van der Waals surface area contributed by atoms with Gasteiger partial charge in [0, 0.05) is 24.2 Å². The molecule has 2 aliphatic rings. The maximum absolute atomic E-state index is 12.8. The van der Waals surface area contributed by atoms with E-state index in [2.05, 4.69) is 29.3 Å². The number of carbonyl (C=O) groups excluding carboxylic acids is 1. The predicted octanol–water partition coefficient (Wildman–Crippen LogP) is 3.33. The molecule has 8 nitrogen and oxygen atoms in total. The molecule has 0 unspecified atom stereocenters. The summed E-state index contributed by atoms with van der Waals surface area (Å²) in [6.45, 7) is 2.62. The second-order valence-corrected chi connectivity index (χ2v) is 10.1. The molecule has 39 heavy (non-hydrogen) atoms. The van der Waals surface area contributed by atoms with Crippen molar-refractivity contribution >= 4 is 22.8 Å². The molecule has 198 valence electrons. The molecule has 2 fully saturated rings. The van der Waals surface area contributed by atoms with E-state index in [0.29, 0.717) is 30.3 Å². The highest BCUT2D eigenvalue weighted by Crippen LogP contribution is 2.68. The van der Waals surface area contributed by atoms with Gasteiger partial charge in [-0.3, -0.25) is 4.79 Å². The first-order valence-electron chi connectivity index (χ1n) is 13.3. The normalized spacial score (nSPS) is 25.0. The number of aliphatic hydroxyl groups excluding tert-OH is 2. The third kappa shape index (κ3) is 4.44. The smallest absolute Gasteiger partial charge is 0.315 e. The van der Waals surface area contributed by atoms with E-state index in [1.165, 1.54) is 5.56 Å². The van der Waals surface area contributed by atoms with Crippen LogP contribution in [0.25, 0.3) is 11.0 Å². The fourth-order valence-corrected chi connectivity index (χ4v) is 5.86. The number of fused-ring (bicyclic) bond motifs is 2. The van der Waals surface area contributed by atoms with Crippen molar-refractivity contribution in [3.8, 4) is 11.8 Å². The maximum atomic E-state index is 12.8. The third-order valence-electron chi connectivity index (χ3n) is 7.86. The van der Waals surface area contributed by atoms with Crippen molar-refractivity contribution in [1.29, 1.82) is 0 Å². The van der Waals surface area contributed by atoms with Crippen molar-refractivity contribution in [2.45, 2.75) is 38.0 Å². The number of rotatable bonds is 7. The van der Waals surface area contributed by atoms with Gasteiger partial charge < -0.3 is 24.8 Å². The molecule has 2 saturated carbocycles. The molecule has 0 aliphatic heterocycles. The predicted molar refractivity (Wildman–Crippen MR) is 147 cm³/mol. The van der Waals surface area contributed by atoms with E-state index in [-0.39, 0.29) is 12.5 Å². The quantitative estimate of drug-likeness (QED) is 0.252. The van der Waals surface area contributed by atoms with Gasteiger partial charge in [-0.1, -0.05) is 54.5 Å². The number of aromatic nitrogens is 3. The molecule has 2 aromatic heterocycles. The number of benzene rings is 2. The Hall–Kier alpha value is -4.19. The average molecular weight is 523 g/mol. The molecule has 5 atom stereocenters. The summed E-state index contributed by atoms with van der Waals surface area (Å²) >= 11 is 0. The molecule has 0 amide bonds. The lowest BCUT2D eigenvalue weighted by molar-refractivity contribution is -0.156. The number of aliphatic hydroxyl groups is 2. The van der Waals surface area contributed by atoms with Crippen LogP contribution in [-0.2, 0) is 16.0 Å². The van der Waals surface area contributed by atoms with Crippen LogP contribution in [0.5, 0.6) is 0 Å². The third-order valence-corrected chi connectivity index (χ3v) is 7.86. The minimum Gasteiger partial charge on any atom is -0.465 e. The summed E-state index contributed by atoms with van der Waals surface area (Å²) in [5.41, 5.74) is 1.58. The van der Waals surface area contributed by atoms with Gasteiger partial charge in [0.05, 0.1) is 24.1 Å². The molecule has 0 bridgehead atoms. The monoisotopic (exact) mass is 522 g/mol. The number of nitrogens with one attached hydrogen (secondary N) is 1. The van der Waals surface area contributed by atoms with Crippen molar-refractivity contribution in [2.24, 2.45) is 11.3 Å². The molecule has 2 aromatic carbocycles. The SMILES string of the molecule is CCOC(=O)[C@]12C[C@@H]1[C@@H](n1ccc3c(NCCc4ccccc4)nc(C#Cc4ccccc4)nc31)[C@H](O)[C@@H]2O. The molecule has 2 heterocycles. The standard InChI is InChI=1S/C31H30N4O4/c1-2-39-30(38)31-19-23(31)25(26(36)27(31)37)35-18-16-22-28(32-17-15-21-11-7-4-8-12-21)33-24(34-29(22)35)14-13-20-9-5-3-6-10-20/h3-12,16,18,23,25-27,36-37H,2,15,17,19H2,1H3,(H,32,33,34)/t23-,25-,26+,27+,31-/m1/s1. The number of hydrogen-bond donors (Lipinski definition) is 3. The van der Waals surface area contributed by atoms with E-state index in [4.69, 9.17) is 14.7 Å². The molecule has 0 spiro atoms. The van der Waals surface area contributed by atoms with Gasteiger partial charge in [-0.2, -0.15) is 0 Å². The van der Waals surface area contributed by atoms with E-state index in [1.807, 2.05) is 65.4 Å². The molecular formula is C31H30N4O4. The molecule has 8 heteroatoms. The van der Waals surface area contributed by atoms with Crippen LogP contribution in [0.3, 0.4) is 0 Å². The Balaban J connectivity index is 1.36. The Morgan fingerprint density at radius 2 is 1.82 bits per heavy atom. The molecule has 3 N–H and O–H groups in total. The van der Waals surface area contributed by atoms with Gasteiger partial charge in [0.1, 0.15) is 23.0 Å². The molecule has 4 aromatic rings. The minimum atomic E-state index is -1.20. The van der Waals surface area contributed by atoms with E-state index in [1.54, 1.807) is 6.92 Å². The fraction of sp³-hybridized carbons (Fsp3) is 0.323. The lowest BCUT2D eigenvalue weighted by Gasteiger charge is -2.24. The Kier molecular flexibility index (Phi) is 6.55. The Morgan fingerprint density at radius 3 is 2.56 bits per heavy atom. The molecule has 2 aliphatic carbocycles. The second kappa shape index (κ2) is 10.2. The summed E-state index contributed by atoms with van der Waals surface area (Å²) in [5, 5.41) is 26.2. The fourth-order valence-electron chi connectivity index (χ4n) is 5.86. The first-order valence-corrected chi connectivity index (χ1v) is 13.3. The van der Waals surface area contributed by atoms with Gasteiger partial charge in [-0.25, -0.2) is 9.97 Å². The van der Waals surface area contributed by atoms with Crippen LogP contribution in [0.4, 0.5) is 5.82 Å². The summed E-state index contributed by atoms with van der Waals surface area (Å²) in [5.74, 6) is 6.49. The van der Waals surface area contributed by atoms with Gasteiger partial charge in [-0.05, 0) is 49.4 Å². The van der Waals surface area contributed by atoms with Gasteiger partial charge in [0.25, 0.3) is 0 Å². The number of ether oxygens (including phenoxy) is 1. The number of nitrogens with zero attached hydrogens (tertiary/aromatic N) is 3. The van der Waals surface area contributed by atoms with Crippen LogP contribution in [0, 0.1) is 23.2 Å². The number of carbonyl (C=O) groups is 1. The maximum Gasteiger partial charge on any atom is 0.315 e. The van der Waals surface area contributed by atoms with Gasteiger partial charge in [-0.15, -0.1) is 0 Å². The summed E-state index contributed by atoms with van der Waals surface area (Å²) in [6, 6.07) is 21.2. The summed E-state index contributed by atoms with van der Waals surface area (Å²) in [7, 11) is 0. The van der Waals surface area contributed by atoms with E-state index >= 15 is 0 Å². The number of esters is 1. The topological polar surface area (TPSA) is 110 Å². The highest BCUT2D eigenvalue weighted by Gasteiger charge is 2.76. The van der Waals surface area contributed by atoms with Gasteiger partial charge >= 0.3 is 5.97 Å². The molecule has 6 rings (SSSR count). The summed E-state index contributed by atoms with van der Waals surface area (Å²) in [4.78, 5) is 22.2. The Morgan fingerprint density at radius 1 is 1.08 bits per heavy atom. The second-order valence-electron chi connectivity index (χ2n) is 10.1. The summed E-state index contributed by atoms with van der Waals surface area (Å²) < 4.78 is 7.12. The molecular weight excluding hydrogens is 492 g/mol. The first kappa shape index (κ1) is 25.1. The van der Waals surface area contributed by atoms with Crippen LogP contribution < -0.4 is 5.32 Å². The number of anilines is 1. The molecule has 0 radical (unpaired) electrons. The minimum absolute atomic E-state index is 0.224. The number of hydrogen-bond acceptors (Lipinski definition) is 7. The van der Waals surface area contributed by atoms with Crippen molar-refractivity contribution in [3.05, 3.63) is 89.9 Å². The van der Waals surface area contributed by atoms with E-state index in [9.17, 15) is 15.0 Å². The zero-order chi connectivity index (χ0) is 27.0. The van der Waals surface area contributed by atoms with Gasteiger partial charge in [0.2, 0.25) is 5.82 Å². The van der Waals surface area contributed by atoms with Crippen LogP contribution in [0.15, 0.2) is 72.9 Å².